The minimum absolute atomic E-state index is 0.0566. The quantitative estimate of drug-likeness (QED) is 0.577. The van der Waals surface area contributed by atoms with Gasteiger partial charge in [-0.3, -0.25) is 0 Å². The lowest BCUT2D eigenvalue weighted by Gasteiger charge is -2.47. The molecular weight excluding hydrogens is 408 g/mol. The highest BCUT2D eigenvalue weighted by Crippen LogP contribution is 2.50. The van der Waals surface area contributed by atoms with E-state index in [2.05, 4.69) is 32.8 Å². The fraction of sp³-hybridized carbons (Fsp3) is 0.552. The highest BCUT2D eigenvalue weighted by molar-refractivity contribution is 5.38. The first-order chi connectivity index (χ1) is 15.7. The number of nitrogens with zero attached hydrogens (tertiary/aromatic N) is 1. The molecule has 2 heterocycles. The standard InChI is InChI=1S/C29H38N2O2/c1-5-20-8-6-9-21(14-20)16-25(30)26(32)11-10-23-18-29(12-7-13-29)33-27-24(23)15-22(19-31-27)17-28(2,3)4/h1,6,8-9,14-15,19,23,25-26,32H,7,10-13,16-18,30H2,2-4H3/t23-,25-,26+/m0/s1. The van der Waals surface area contributed by atoms with Crippen LogP contribution in [0.3, 0.4) is 0 Å². The maximum atomic E-state index is 10.9. The Balaban J connectivity index is 1.45. The Bertz CT molecular complexity index is 1010. The zero-order chi connectivity index (χ0) is 23.6. The van der Waals surface area contributed by atoms with Gasteiger partial charge in [0.15, 0.2) is 0 Å². The van der Waals surface area contributed by atoms with Gasteiger partial charge >= 0.3 is 0 Å². The van der Waals surface area contributed by atoms with E-state index in [1.807, 2.05) is 30.5 Å². The van der Waals surface area contributed by atoms with E-state index in [-0.39, 0.29) is 17.1 Å². The molecule has 2 aliphatic rings. The van der Waals surface area contributed by atoms with Gasteiger partial charge in [0.2, 0.25) is 5.88 Å². The molecule has 1 fully saturated rings. The number of fused-ring (bicyclic) bond motifs is 1. The average molecular weight is 447 g/mol. The summed E-state index contributed by atoms with van der Waals surface area (Å²) in [5.74, 6) is 3.80. The summed E-state index contributed by atoms with van der Waals surface area (Å²) in [6.45, 7) is 6.75. The number of benzene rings is 1. The van der Waals surface area contributed by atoms with Crippen LogP contribution in [-0.2, 0) is 12.8 Å². The molecule has 0 amide bonds. The Morgan fingerprint density at radius 1 is 1.27 bits per heavy atom. The van der Waals surface area contributed by atoms with E-state index in [0.29, 0.717) is 18.8 Å². The number of hydrogen-bond donors (Lipinski definition) is 2. The molecule has 176 valence electrons. The van der Waals surface area contributed by atoms with Gasteiger partial charge in [-0.1, -0.05) is 38.8 Å². The zero-order valence-corrected chi connectivity index (χ0v) is 20.3. The van der Waals surface area contributed by atoms with Crippen molar-refractivity contribution in [1.29, 1.82) is 0 Å². The molecule has 0 saturated heterocycles. The summed E-state index contributed by atoms with van der Waals surface area (Å²) in [4.78, 5) is 4.74. The molecule has 1 aromatic heterocycles. The first-order valence-corrected chi connectivity index (χ1v) is 12.3. The van der Waals surface area contributed by atoms with Gasteiger partial charge in [0, 0.05) is 23.4 Å². The first kappa shape index (κ1) is 23.8. The molecule has 4 heteroatoms. The summed E-state index contributed by atoms with van der Waals surface area (Å²) in [5.41, 5.74) is 10.9. The van der Waals surface area contributed by atoms with E-state index in [4.69, 9.17) is 21.9 Å². The predicted molar refractivity (Wildman–Crippen MR) is 133 cm³/mol. The third kappa shape index (κ3) is 5.78. The van der Waals surface area contributed by atoms with Crippen LogP contribution in [-0.4, -0.2) is 27.8 Å². The molecule has 2 aromatic rings. The highest BCUT2D eigenvalue weighted by atomic mass is 16.5. The Morgan fingerprint density at radius 3 is 2.73 bits per heavy atom. The number of ether oxygens (including phenoxy) is 1. The number of pyridine rings is 1. The number of rotatable bonds is 7. The molecule has 1 aliphatic carbocycles. The van der Waals surface area contributed by atoms with E-state index in [1.165, 1.54) is 17.5 Å². The molecule has 33 heavy (non-hydrogen) atoms. The highest BCUT2D eigenvalue weighted by Gasteiger charge is 2.46. The van der Waals surface area contributed by atoms with Crippen molar-refractivity contribution in [3.63, 3.8) is 0 Å². The van der Waals surface area contributed by atoms with E-state index in [1.54, 1.807) is 0 Å². The molecule has 1 aromatic carbocycles. The topological polar surface area (TPSA) is 68.4 Å². The van der Waals surface area contributed by atoms with Crippen molar-refractivity contribution in [2.24, 2.45) is 11.1 Å². The Hall–Kier alpha value is -2.35. The van der Waals surface area contributed by atoms with Crippen LogP contribution in [0.5, 0.6) is 5.88 Å². The minimum atomic E-state index is -0.561. The van der Waals surface area contributed by atoms with Gasteiger partial charge < -0.3 is 15.6 Å². The third-order valence-corrected chi connectivity index (χ3v) is 7.18. The maximum Gasteiger partial charge on any atom is 0.217 e. The van der Waals surface area contributed by atoms with Crippen molar-refractivity contribution in [3.05, 3.63) is 58.8 Å². The lowest BCUT2D eigenvalue weighted by Crippen LogP contribution is -2.47. The number of nitrogens with two attached hydrogens (primary N) is 1. The molecule has 1 aliphatic heterocycles. The smallest absolute Gasteiger partial charge is 0.217 e. The largest absolute Gasteiger partial charge is 0.471 e. The van der Waals surface area contributed by atoms with Crippen molar-refractivity contribution < 1.29 is 9.84 Å². The van der Waals surface area contributed by atoms with Crippen LogP contribution >= 0.6 is 0 Å². The van der Waals surface area contributed by atoms with E-state index in [9.17, 15) is 5.11 Å². The Morgan fingerprint density at radius 2 is 2.06 bits per heavy atom. The lowest BCUT2D eigenvalue weighted by molar-refractivity contribution is -0.0395. The SMILES string of the molecule is C#Cc1cccc(C[C@H](N)[C@H](O)CC[C@H]2CC3(CCC3)Oc3ncc(CC(C)(C)C)cc32)c1. The number of hydrogen-bond acceptors (Lipinski definition) is 4. The second-order valence-electron chi connectivity index (χ2n) is 11.4. The van der Waals surface area contributed by atoms with Gasteiger partial charge in [0.05, 0.1) is 6.10 Å². The van der Waals surface area contributed by atoms with Crippen LogP contribution in [0.25, 0.3) is 0 Å². The van der Waals surface area contributed by atoms with Gasteiger partial charge in [-0.25, -0.2) is 4.98 Å². The Kier molecular flexibility index (Phi) is 6.84. The van der Waals surface area contributed by atoms with Crippen molar-refractivity contribution in [2.75, 3.05) is 0 Å². The second-order valence-corrected chi connectivity index (χ2v) is 11.4. The van der Waals surface area contributed by atoms with Crippen LogP contribution in [0.15, 0.2) is 36.5 Å². The van der Waals surface area contributed by atoms with Crippen LogP contribution < -0.4 is 10.5 Å². The normalized spacial score (nSPS) is 20.8. The fourth-order valence-corrected chi connectivity index (χ4v) is 5.32. The first-order valence-electron chi connectivity index (χ1n) is 12.3. The van der Waals surface area contributed by atoms with E-state index >= 15 is 0 Å². The van der Waals surface area contributed by atoms with Crippen LogP contribution in [0, 0.1) is 17.8 Å². The summed E-state index contributed by atoms with van der Waals surface area (Å²) in [7, 11) is 0. The lowest BCUT2D eigenvalue weighted by atomic mass is 9.70. The summed E-state index contributed by atoms with van der Waals surface area (Å²) < 4.78 is 6.41. The molecule has 0 bridgehead atoms. The van der Waals surface area contributed by atoms with Crippen molar-refractivity contribution >= 4 is 0 Å². The fourth-order valence-electron chi connectivity index (χ4n) is 5.32. The summed E-state index contributed by atoms with van der Waals surface area (Å²) in [6, 6.07) is 9.83. The molecule has 4 rings (SSSR count). The predicted octanol–water partition coefficient (Wildman–Crippen LogP) is 5.15. The molecule has 1 saturated carbocycles. The molecule has 3 atom stereocenters. The summed E-state index contributed by atoms with van der Waals surface area (Å²) in [6.07, 6.45) is 14.5. The van der Waals surface area contributed by atoms with E-state index in [0.717, 1.165) is 49.1 Å². The molecule has 1 spiro atoms. The van der Waals surface area contributed by atoms with Gasteiger partial charge in [-0.15, -0.1) is 6.42 Å². The number of aromatic nitrogens is 1. The van der Waals surface area contributed by atoms with Crippen LogP contribution in [0.2, 0.25) is 0 Å². The van der Waals surface area contributed by atoms with Crippen molar-refractivity contribution in [2.45, 2.75) is 95.8 Å². The van der Waals surface area contributed by atoms with E-state index < -0.39 is 6.10 Å². The van der Waals surface area contributed by atoms with Crippen molar-refractivity contribution in [1.82, 2.24) is 4.98 Å². The number of terminal acetylenes is 1. The molecule has 3 N–H and O–H groups in total. The summed E-state index contributed by atoms with van der Waals surface area (Å²) in [5, 5.41) is 10.9. The minimum Gasteiger partial charge on any atom is -0.471 e. The number of aliphatic hydroxyl groups is 1. The Labute approximate surface area is 199 Å². The van der Waals surface area contributed by atoms with Crippen molar-refractivity contribution in [3.8, 4) is 18.2 Å². The molecule has 0 radical (unpaired) electrons. The zero-order valence-electron chi connectivity index (χ0n) is 20.3. The summed E-state index contributed by atoms with van der Waals surface area (Å²) >= 11 is 0. The second kappa shape index (κ2) is 9.49. The van der Waals surface area contributed by atoms with Gasteiger partial charge in [-0.05, 0) is 92.0 Å². The maximum absolute atomic E-state index is 10.9. The van der Waals surface area contributed by atoms with Crippen LogP contribution in [0.1, 0.15) is 87.5 Å². The average Bonchev–Trinajstić information content (AvgIpc) is 2.75. The van der Waals surface area contributed by atoms with Gasteiger partial charge in [-0.2, -0.15) is 0 Å². The monoisotopic (exact) mass is 446 g/mol. The molecule has 4 nitrogen and oxygen atoms in total. The molecule has 0 unspecified atom stereocenters. The van der Waals surface area contributed by atoms with Crippen LogP contribution in [0.4, 0.5) is 0 Å². The molecular formula is C29H38N2O2. The van der Waals surface area contributed by atoms with Gasteiger partial charge in [0.25, 0.3) is 0 Å². The number of aliphatic hydroxyl groups excluding tert-OH is 1. The third-order valence-electron chi connectivity index (χ3n) is 7.18. The van der Waals surface area contributed by atoms with Gasteiger partial charge in [0.1, 0.15) is 5.60 Å².